The number of benzene rings is 1. The Hall–Kier alpha value is -1.35. The van der Waals surface area contributed by atoms with Crippen LogP contribution in [-0.2, 0) is 4.79 Å². The van der Waals surface area contributed by atoms with Crippen molar-refractivity contribution < 1.29 is 4.79 Å². The zero-order valence-corrected chi connectivity index (χ0v) is 12.4. The van der Waals surface area contributed by atoms with Gasteiger partial charge >= 0.3 is 0 Å². The fourth-order valence-corrected chi connectivity index (χ4v) is 3.01. The van der Waals surface area contributed by atoms with E-state index in [1.54, 1.807) is 0 Å². The van der Waals surface area contributed by atoms with E-state index in [0.29, 0.717) is 12.3 Å². The number of hydrogen-bond acceptors (Lipinski definition) is 2. The molecule has 0 aromatic heterocycles. The van der Waals surface area contributed by atoms with Crippen LogP contribution in [0.25, 0.3) is 0 Å². The monoisotopic (exact) mass is 274 g/mol. The number of likely N-dealkylation sites (tertiary alicyclic amines) is 1. The van der Waals surface area contributed by atoms with Crippen LogP contribution in [0.2, 0.25) is 0 Å². The Bertz CT molecular complexity index is 410. The third kappa shape index (κ3) is 4.07. The molecule has 0 spiro atoms. The van der Waals surface area contributed by atoms with E-state index in [2.05, 4.69) is 37.3 Å². The van der Waals surface area contributed by atoms with Gasteiger partial charge in [-0.15, -0.1) is 0 Å². The van der Waals surface area contributed by atoms with Gasteiger partial charge in [-0.3, -0.25) is 4.79 Å². The highest BCUT2D eigenvalue weighted by atomic mass is 16.2. The van der Waals surface area contributed by atoms with E-state index in [1.807, 2.05) is 4.90 Å². The molecule has 0 aliphatic carbocycles. The fraction of sp³-hybridized carbons (Fsp3) is 0.588. The number of piperidine rings is 1. The number of nitrogens with two attached hydrogens (primary N) is 1. The Morgan fingerprint density at radius 1 is 1.30 bits per heavy atom. The molecule has 0 saturated carbocycles. The van der Waals surface area contributed by atoms with E-state index in [9.17, 15) is 4.79 Å². The summed E-state index contributed by atoms with van der Waals surface area (Å²) >= 11 is 0. The van der Waals surface area contributed by atoms with Crippen molar-refractivity contribution >= 4 is 5.91 Å². The minimum atomic E-state index is 0.0272. The summed E-state index contributed by atoms with van der Waals surface area (Å²) in [6, 6.07) is 10.7. The Balaban J connectivity index is 1.80. The molecule has 1 fully saturated rings. The Labute approximate surface area is 122 Å². The summed E-state index contributed by atoms with van der Waals surface area (Å²) in [5, 5.41) is 0. The predicted octanol–water partition coefficient (Wildman–Crippen LogP) is 2.91. The molecule has 3 nitrogen and oxygen atoms in total. The standard InChI is InChI=1S/C17H26N2O/c1-2-6-16(18)13-17(20)19-11-9-15(10-12-19)14-7-4-3-5-8-14/h3-5,7-8,15-16H,2,6,9-13,18H2,1H3. The van der Waals surface area contributed by atoms with E-state index < -0.39 is 0 Å². The summed E-state index contributed by atoms with van der Waals surface area (Å²) in [5.74, 6) is 0.835. The first kappa shape index (κ1) is 15.0. The number of nitrogens with zero attached hydrogens (tertiary/aromatic N) is 1. The third-order valence-electron chi connectivity index (χ3n) is 4.21. The molecule has 0 radical (unpaired) electrons. The maximum atomic E-state index is 12.2. The van der Waals surface area contributed by atoms with Gasteiger partial charge in [-0.05, 0) is 30.7 Å². The van der Waals surface area contributed by atoms with Gasteiger partial charge in [0.15, 0.2) is 0 Å². The van der Waals surface area contributed by atoms with Crippen molar-refractivity contribution in [1.29, 1.82) is 0 Å². The lowest BCUT2D eigenvalue weighted by molar-refractivity contribution is -0.132. The van der Waals surface area contributed by atoms with Gasteiger partial charge in [0.1, 0.15) is 0 Å². The summed E-state index contributed by atoms with van der Waals surface area (Å²) in [4.78, 5) is 14.2. The Kier molecular flexibility index (Phi) is 5.60. The minimum absolute atomic E-state index is 0.0272. The molecule has 3 heteroatoms. The second-order valence-electron chi connectivity index (χ2n) is 5.82. The SMILES string of the molecule is CCCC(N)CC(=O)N1CCC(c2ccccc2)CC1. The molecular formula is C17H26N2O. The molecule has 20 heavy (non-hydrogen) atoms. The van der Waals surface area contributed by atoms with Crippen molar-refractivity contribution in [1.82, 2.24) is 4.90 Å². The van der Waals surface area contributed by atoms with Crippen LogP contribution in [0, 0.1) is 0 Å². The summed E-state index contributed by atoms with van der Waals surface area (Å²) in [7, 11) is 0. The number of carbonyl (C=O) groups excluding carboxylic acids is 1. The molecule has 1 aromatic rings. The molecule has 2 rings (SSSR count). The van der Waals surface area contributed by atoms with Gasteiger partial charge < -0.3 is 10.6 Å². The summed E-state index contributed by atoms with van der Waals surface area (Å²) < 4.78 is 0. The first-order valence-electron chi connectivity index (χ1n) is 7.79. The van der Waals surface area contributed by atoms with Crippen molar-refractivity contribution in [3.8, 4) is 0 Å². The lowest BCUT2D eigenvalue weighted by atomic mass is 9.89. The number of rotatable bonds is 5. The topological polar surface area (TPSA) is 46.3 Å². The highest BCUT2D eigenvalue weighted by Crippen LogP contribution is 2.28. The summed E-state index contributed by atoms with van der Waals surface area (Å²) in [6.07, 6.45) is 4.62. The van der Waals surface area contributed by atoms with Crippen LogP contribution in [0.1, 0.15) is 50.5 Å². The average Bonchev–Trinajstić information content (AvgIpc) is 2.48. The molecule has 1 saturated heterocycles. The van der Waals surface area contributed by atoms with E-state index >= 15 is 0 Å². The molecule has 1 aromatic carbocycles. The van der Waals surface area contributed by atoms with Crippen molar-refractivity contribution in [3.05, 3.63) is 35.9 Å². The van der Waals surface area contributed by atoms with Crippen LogP contribution in [0.5, 0.6) is 0 Å². The lowest BCUT2D eigenvalue weighted by Gasteiger charge is -2.33. The maximum absolute atomic E-state index is 12.2. The zero-order chi connectivity index (χ0) is 14.4. The lowest BCUT2D eigenvalue weighted by Crippen LogP contribution is -2.40. The van der Waals surface area contributed by atoms with Gasteiger partial charge in [0.2, 0.25) is 5.91 Å². The van der Waals surface area contributed by atoms with Crippen LogP contribution in [0.15, 0.2) is 30.3 Å². The Morgan fingerprint density at radius 2 is 1.95 bits per heavy atom. The zero-order valence-electron chi connectivity index (χ0n) is 12.4. The van der Waals surface area contributed by atoms with Crippen molar-refractivity contribution in [3.63, 3.8) is 0 Å². The summed E-state index contributed by atoms with van der Waals surface area (Å²) in [5.41, 5.74) is 7.37. The molecule has 1 unspecified atom stereocenters. The molecule has 1 aliphatic rings. The van der Waals surface area contributed by atoms with Crippen molar-refractivity contribution in [2.24, 2.45) is 5.73 Å². The smallest absolute Gasteiger partial charge is 0.224 e. The minimum Gasteiger partial charge on any atom is -0.343 e. The second kappa shape index (κ2) is 7.44. The van der Waals surface area contributed by atoms with Crippen LogP contribution < -0.4 is 5.73 Å². The van der Waals surface area contributed by atoms with Gasteiger partial charge in [0.05, 0.1) is 0 Å². The first-order chi connectivity index (χ1) is 9.70. The van der Waals surface area contributed by atoms with Gasteiger partial charge in [0, 0.05) is 25.6 Å². The molecule has 110 valence electrons. The first-order valence-corrected chi connectivity index (χ1v) is 7.79. The number of amides is 1. The second-order valence-corrected chi connectivity index (χ2v) is 5.82. The molecule has 1 heterocycles. The Morgan fingerprint density at radius 3 is 2.55 bits per heavy atom. The van der Waals surface area contributed by atoms with E-state index in [0.717, 1.165) is 38.8 Å². The summed E-state index contributed by atoms with van der Waals surface area (Å²) in [6.45, 7) is 3.85. The highest BCUT2D eigenvalue weighted by molar-refractivity contribution is 5.76. The van der Waals surface area contributed by atoms with E-state index in [4.69, 9.17) is 5.73 Å². The maximum Gasteiger partial charge on any atom is 0.224 e. The molecule has 0 bridgehead atoms. The van der Waals surface area contributed by atoms with E-state index in [-0.39, 0.29) is 11.9 Å². The molecular weight excluding hydrogens is 248 g/mol. The van der Waals surface area contributed by atoms with Gasteiger partial charge in [0.25, 0.3) is 0 Å². The van der Waals surface area contributed by atoms with Crippen molar-refractivity contribution in [2.75, 3.05) is 13.1 Å². The quantitative estimate of drug-likeness (QED) is 0.897. The third-order valence-corrected chi connectivity index (χ3v) is 4.21. The van der Waals surface area contributed by atoms with Gasteiger partial charge in [-0.2, -0.15) is 0 Å². The number of hydrogen-bond donors (Lipinski definition) is 1. The van der Waals surface area contributed by atoms with Crippen LogP contribution in [0.3, 0.4) is 0 Å². The highest BCUT2D eigenvalue weighted by Gasteiger charge is 2.24. The molecule has 1 atom stereocenters. The predicted molar refractivity (Wildman–Crippen MR) is 82.5 cm³/mol. The molecule has 2 N–H and O–H groups in total. The van der Waals surface area contributed by atoms with Crippen molar-refractivity contribution in [2.45, 2.75) is 51.0 Å². The van der Waals surface area contributed by atoms with Crippen LogP contribution in [-0.4, -0.2) is 29.9 Å². The largest absolute Gasteiger partial charge is 0.343 e. The number of carbonyl (C=O) groups is 1. The van der Waals surface area contributed by atoms with Crippen LogP contribution in [0.4, 0.5) is 0 Å². The van der Waals surface area contributed by atoms with Crippen LogP contribution >= 0.6 is 0 Å². The van der Waals surface area contributed by atoms with Gasteiger partial charge in [-0.25, -0.2) is 0 Å². The fourth-order valence-electron chi connectivity index (χ4n) is 3.01. The average molecular weight is 274 g/mol. The van der Waals surface area contributed by atoms with E-state index in [1.165, 1.54) is 5.56 Å². The van der Waals surface area contributed by atoms with Gasteiger partial charge in [-0.1, -0.05) is 43.7 Å². The molecule has 1 aliphatic heterocycles. The normalized spacial score (nSPS) is 18.0. The molecule has 1 amide bonds.